The van der Waals surface area contributed by atoms with E-state index in [4.69, 9.17) is 4.74 Å². The van der Waals surface area contributed by atoms with E-state index in [1.54, 1.807) is 45.3 Å². The molecule has 1 fully saturated rings. The number of hydrogen-bond acceptors (Lipinski definition) is 4. The van der Waals surface area contributed by atoms with Gasteiger partial charge in [0.1, 0.15) is 5.60 Å². The standard InChI is InChI=1S/C16H22N2O4/c1-15(2,3)22-14(21)18-9-12(13(19)20)16(4,10-18)11-5-7-17-8-6-11/h5-8,12H,9-10H2,1-4H3,(H,19,20)/t12-,16+/m1/s1. The maximum Gasteiger partial charge on any atom is 0.410 e. The summed E-state index contributed by atoms with van der Waals surface area (Å²) >= 11 is 0. The van der Waals surface area contributed by atoms with Gasteiger partial charge in [0.2, 0.25) is 0 Å². The number of aliphatic carboxylic acids is 1. The van der Waals surface area contributed by atoms with Crippen LogP contribution in [0.2, 0.25) is 0 Å². The number of ether oxygens (including phenoxy) is 1. The van der Waals surface area contributed by atoms with Crippen molar-refractivity contribution in [2.45, 2.75) is 38.7 Å². The zero-order chi connectivity index (χ0) is 16.5. The molecule has 1 N–H and O–H groups in total. The predicted octanol–water partition coefficient (Wildman–Crippen LogP) is 2.29. The first-order valence-electron chi connectivity index (χ1n) is 7.25. The Hall–Kier alpha value is -2.11. The first kappa shape index (κ1) is 16.3. The van der Waals surface area contributed by atoms with Gasteiger partial charge in [0, 0.05) is 30.9 Å². The molecule has 22 heavy (non-hydrogen) atoms. The second-order valence-corrected chi connectivity index (χ2v) is 6.91. The van der Waals surface area contributed by atoms with Crippen LogP contribution in [-0.2, 0) is 14.9 Å². The van der Waals surface area contributed by atoms with Gasteiger partial charge in [-0.05, 0) is 38.5 Å². The first-order chi connectivity index (χ1) is 10.1. The molecule has 0 saturated carbocycles. The molecule has 0 spiro atoms. The van der Waals surface area contributed by atoms with Crippen molar-refractivity contribution in [1.82, 2.24) is 9.88 Å². The van der Waals surface area contributed by atoms with Gasteiger partial charge in [-0.25, -0.2) is 4.79 Å². The summed E-state index contributed by atoms with van der Waals surface area (Å²) in [6.07, 6.45) is 2.79. The van der Waals surface area contributed by atoms with Gasteiger partial charge in [-0.3, -0.25) is 9.78 Å². The predicted molar refractivity (Wildman–Crippen MR) is 80.5 cm³/mol. The van der Waals surface area contributed by atoms with Crippen molar-refractivity contribution in [3.05, 3.63) is 30.1 Å². The molecule has 1 aromatic heterocycles. The minimum Gasteiger partial charge on any atom is -0.481 e. The molecule has 6 nitrogen and oxygen atoms in total. The molecule has 0 radical (unpaired) electrons. The van der Waals surface area contributed by atoms with E-state index in [0.717, 1.165) is 5.56 Å². The highest BCUT2D eigenvalue weighted by Gasteiger charge is 2.50. The Balaban J connectivity index is 2.28. The summed E-state index contributed by atoms with van der Waals surface area (Å²) in [6.45, 7) is 7.69. The third kappa shape index (κ3) is 3.21. The van der Waals surface area contributed by atoms with E-state index in [9.17, 15) is 14.7 Å². The van der Waals surface area contributed by atoms with Crippen LogP contribution in [0.5, 0.6) is 0 Å². The van der Waals surface area contributed by atoms with Crippen molar-refractivity contribution in [3.63, 3.8) is 0 Å². The van der Waals surface area contributed by atoms with Crippen LogP contribution >= 0.6 is 0 Å². The van der Waals surface area contributed by atoms with Gasteiger partial charge in [0.25, 0.3) is 0 Å². The third-order valence-corrected chi connectivity index (χ3v) is 3.98. The molecular formula is C16H22N2O4. The van der Waals surface area contributed by atoms with Crippen LogP contribution < -0.4 is 0 Å². The van der Waals surface area contributed by atoms with Gasteiger partial charge >= 0.3 is 12.1 Å². The number of carboxylic acids is 1. The monoisotopic (exact) mass is 306 g/mol. The second kappa shape index (κ2) is 5.59. The van der Waals surface area contributed by atoms with Crippen molar-refractivity contribution in [1.29, 1.82) is 0 Å². The fourth-order valence-corrected chi connectivity index (χ4v) is 2.83. The van der Waals surface area contributed by atoms with Crippen LogP contribution in [0.1, 0.15) is 33.3 Å². The molecule has 0 unspecified atom stereocenters. The first-order valence-corrected chi connectivity index (χ1v) is 7.25. The Bertz CT molecular complexity index is 567. The van der Waals surface area contributed by atoms with Gasteiger partial charge in [-0.15, -0.1) is 0 Å². The second-order valence-electron chi connectivity index (χ2n) is 6.91. The van der Waals surface area contributed by atoms with E-state index in [2.05, 4.69) is 4.98 Å². The molecule has 1 aliphatic rings. The minimum absolute atomic E-state index is 0.142. The number of carboxylic acid groups (broad SMARTS) is 1. The summed E-state index contributed by atoms with van der Waals surface area (Å²) in [5.41, 5.74) is -0.405. The Morgan fingerprint density at radius 1 is 1.36 bits per heavy atom. The number of nitrogens with zero attached hydrogens (tertiary/aromatic N) is 2. The third-order valence-electron chi connectivity index (χ3n) is 3.98. The van der Waals surface area contributed by atoms with E-state index >= 15 is 0 Å². The Morgan fingerprint density at radius 2 is 1.95 bits per heavy atom. The quantitative estimate of drug-likeness (QED) is 0.907. The number of amides is 1. The average Bonchev–Trinajstić information content (AvgIpc) is 2.78. The van der Waals surface area contributed by atoms with Gasteiger partial charge in [-0.2, -0.15) is 0 Å². The Labute approximate surface area is 130 Å². The molecule has 2 heterocycles. The van der Waals surface area contributed by atoms with Crippen LogP contribution in [0.15, 0.2) is 24.5 Å². The van der Waals surface area contributed by atoms with Crippen LogP contribution in [-0.4, -0.2) is 45.7 Å². The molecule has 6 heteroatoms. The number of rotatable bonds is 2. The van der Waals surface area contributed by atoms with E-state index in [1.165, 1.54) is 4.90 Å². The summed E-state index contributed by atoms with van der Waals surface area (Å²) in [7, 11) is 0. The molecule has 1 aromatic rings. The lowest BCUT2D eigenvalue weighted by Crippen LogP contribution is -2.38. The maximum absolute atomic E-state index is 12.2. The lowest BCUT2D eigenvalue weighted by molar-refractivity contribution is -0.142. The van der Waals surface area contributed by atoms with Crippen molar-refractivity contribution in [3.8, 4) is 0 Å². The van der Waals surface area contributed by atoms with E-state index in [0.29, 0.717) is 6.54 Å². The molecular weight excluding hydrogens is 284 g/mol. The minimum atomic E-state index is -0.912. The van der Waals surface area contributed by atoms with Crippen LogP contribution in [0.25, 0.3) is 0 Å². The molecule has 0 aromatic carbocycles. The molecule has 0 aliphatic carbocycles. The molecule has 1 aliphatic heterocycles. The lowest BCUT2D eigenvalue weighted by atomic mass is 9.74. The van der Waals surface area contributed by atoms with Crippen molar-refractivity contribution >= 4 is 12.1 Å². The van der Waals surface area contributed by atoms with E-state index in [-0.39, 0.29) is 6.54 Å². The van der Waals surface area contributed by atoms with E-state index in [1.807, 2.05) is 6.92 Å². The summed E-state index contributed by atoms with van der Waals surface area (Å²) in [5, 5.41) is 9.55. The van der Waals surface area contributed by atoms with Gasteiger partial charge < -0.3 is 14.7 Å². The zero-order valence-electron chi connectivity index (χ0n) is 13.4. The van der Waals surface area contributed by atoms with Crippen LogP contribution in [0, 0.1) is 5.92 Å². The van der Waals surface area contributed by atoms with Crippen LogP contribution in [0.4, 0.5) is 4.79 Å². The molecule has 0 bridgehead atoms. The number of pyridine rings is 1. The summed E-state index contributed by atoms with van der Waals surface area (Å²) < 4.78 is 5.36. The highest BCUT2D eigenvalue weighted by atomic mass is 16.6. The molecule has 2 rings (SSSR count). The molecule has 1 saturated heterocycles. The highest BCUT2D eigenvalue weighted by Crippen LogP contribution is 2.39. The number of carbonyl (C=O) groups is 2. The van der Waals surface area contributed by atoms with Gasteiger partial charge in [0.05, 0.1) is 5.92 Å². The maximum atomic E-state index is 12.2. The van der Waals surface area contributed by atoms with Crippen molar-refractivity contribution in [2.24, 2.45) is 5.92 Å². The summed E-state index contributed by atoms with van der Waals surface area (Å²) in [5.74, 6) is -1.59. The topological polar surface area (TPSA) is 79.7 Å². The zero-order valence-corrected chi connectivity index (χ0v) is 13.4. The number of hydrogen-bond donors (Lipinski definition) is 1. The highest BCUT2D eigenvalue weighted by molar-refractivity contribution is 5.77. The number of carbonyl (C=O) groups excluding carboxylic acids is 1. The van der Waals surface area contributed by atoms with E-state index < -0.39 is 29.0 Å². The largest absolute Gasteiger partial charge is 0.481 e. The lowest BCUT2D eigenvalue weighted by Gasteiger charge is -2.29. The van der Waals surface area contributed by atoms with Crippen molar-refractivity contribution in [2.75, 3.05) is 13.1 Å². The SMILES string of the molecule is CC(C)(C)OC(=O)N1C[C@H](C(=O)O)[C@](C)(c2ccncc2)C1. The Morgan fingerprint density at radius 3 is 2.45 bits per heavy atom. The fraction of sp³-hybridized carbons (Fsp3) is 0.562. The van der Waals surface area contributed by atoms with Gasteiger partial charge in [-0.1, -0.05) is 6.92 Å². The smallest absolute Gasteiger partial charge is 0.410 e. The fourth-order valence-electron chi connectivity index (χ4n) is 2.83. The molecule has 1 amide bonds. The Kier molecular flexibility index (Phi) is 4.13. The number of likely N-dealkylation sites (tertiary alicyclic amines) is 1. The summed E-state index contributed by atoms with van der Waals surface area (Å²) in [4.78, 5) is 29.3. The molecule has 2 atom stereocenters. The average molecular weight is 306 g/mol. The summed E-state index contributed by atoms with van der Waals surface area (Å²) in [6, 6.07) is 3.60. The van der Waals surface area contributed by atoms with Gasteiger partial charge in [0.15, 0.2) is 0 Å². The van der Waals surface area contributed by atoms with Crippen LogP contribution in [0.3, 0.4) is 0 Å². The van der Waals surface area contributed by atoms with Crippen molar-refractivity contribution < 1.29 is 19.4 Å². The number of aromatic nitrogens is 1. The normalized spacial score (nSPS) is 25.1. The molecule has 120 valence electrons.